The summed E-state index contributed by atoms with van der Waals surface area (Å²) in [5.74, 6) is 0.113. The molecule has 0 atom stereocenters. The SMILES string of the molecule is CCOc1cc(/C=C2/SC(=O)N(CC(=O)Nc3ccc(C)c(Cl)c3)C2=O)cc(I)c1OCc1ccccc1. The Bertz CT molecular complexity index is 1410. The normalized spacial score (nSPS) is 14.2. The summed E-state index contributed by atoms with van der Waals surface area (Å²) in [4.78, 5) is 39.2. The maximum absolute atomic E-state index is 13.0. The fraction of sp³-hybridized carbons (Fsp3) is 0.179. The minimum Gasteiger partial charge on any atom is -0.490 e. The molecule has 7 nitrogen and oxygen atoms in total. The topological polar surface area (TPSA) is 84.9 Å². The van der Waals surface area contributed by atoms with Crippen LogP contribution in [-0.4, -0.2) is 35.1 Å². The molecular weight excluding hydrogens is 639 g/mol. The number of aryl methyl sites for hydroxylation is 1. The van der Waals surface area contributed by atoms with E-state index in [2.05, 4.69) is 27.9 Å². The molecule has 1 heterocycles. The molecule has 0 aliphatic carbocycles. The van der Waals surface area contributed by atoms with Crippen molar-refractivity contribution in [2.75, 3.05) is 18.5 Å². The molecule has 4 rings (SSSR count). The van der Waals surface area contributed by atoms with Crippen molar-refractivity contribution in [3.8, 4) is 11.5 Å². The first kappa shape index (κ1) is 28.0. The second-order valence-electron chi connectivity index (χ2n) is 8.32. The van der Waals surface area contributed by atoms with Gasteiger partial charge in [0, 0.05) is 10.7 Å². The van der Waals surface area contributed by atoms with Crippen LogP contribution in [0.15, 0.2) is 65.6 Å². The summed E-state index contributed by atoms with van der Waals surface area (Å²) in [6.07, 6.45) is 1.62. The lowest BCUT2D eigenvalue weighted by Crippen LogP contribution is -2.36. The van der Waals surface area contributed by atoms with E-state index in [1.165, 1.54) is 0 Å². The van der Waals surface area contributed by atoms with E-state index in [-0.39, 0.29) is 4.91 Å². The third-order valence-corrected chi connectivity index (χ3v) is 7.60. The molecule has 0 unspecified atom stereocenters. The van der Waals surface area contributed by atoms with Gasteiger partial charge in [-0.15, -0.1) is 0 Å². The zero-order chi connectivity index (χ0) is 27.2. The Hall–Kier alpha value is -3.02. The number of hydrogen-bond donors (Lipinski definition) is 1. The molecule has 1 N–H and O–H groups in total. The van der Waals surface area contributed by atoms with Gasteiger partial charge in [0.2, 0.25) is 5.91 Å². The van der Waals surface area contributed by atoms with Crippen LogP contribution in [-0.2, 0) is 16.2 Å². The lowest BCUT2D eigenvalue weighted by atomic mass is 10.1. The smallest absolute Gasteiger partial charge is 0.294 e. The molecule has 1 aliphatic heterocycles. The number of amides is 3. The van der Waals surface area contributed by atoms with Crippen molar-refractivity contribution in [2.45, 2.75) is 20.5 Å². The highest BCUT2D eigenvalue weighted by molar-refractivity contribution is 14.1. The summed E-state index contributed by atoms with van der Waals surface area (Å²) in [5.41, 5.74) is 3.06. The van der Waals surface area contributed by atoms with Crippen LogP contribution in [0.25, 0.3) is 6.08 Å². The van der Waals surface area contributed by atoms with Crippen LogP contribution in [0, 0.1) is 10.5 Å². The predicted molar refractivity (Wildman–Crippen MR) is 159 cm³/mol. The van der Waals surface area contributed by atoms with E-state index < -0.39 is 23.6 Å². The standard InChI is InChI=1S/C28H24ClIN2O5S/c1-3-36-23-12-19(11-22(30)26(23)37-16-18-7-5-4-6-8-18)13-24-27(34)32(28(35)38-24)15-25(33)31-20-10-9-17(2)21(29)14-20/h4-14H,3,15-16H2,1-2H3,(H,31,33)/b24-13+. The third kappa shape index (κ3) is 6.89. The van der Waals surface area contributed by atoms with Crippen LogP contribution in [0.2, 0.25) is 5.02 Å². The van der Waals surface area contributed by atoms with E-state index in [0.717, 1.165) is 31.4 Å². The molecule has 1 aliphatic rings. The van der Waals surface area contributed by atoms with Crippen molar-refractivity contribution in [3.63, 3.8) is 0 Å². The number of nitrogens with zero attached hydrogens (tertiary/aromatic N) is 1. The van der Waals surface area contributed by atoms with Gasteiger partial charge >= 0.3 is 0 Å². The Labute approximate surface area is 243 Å². The van der Waals surface area contributed by atoms with Crippen molar-refractivity contribution >= 4 is 74.8 Å². The monoisotopic (exact) mass is 662 g/mol. The quantitative estimate of drug-likeness (QED) is 0.198. The second-order valence-corrected chi connectivity index (χ2v) is 10.9. The van der Waals surface area contributed by atoms with Gasteiger partial charge in [0.25, 0.3) is 11.1 Å². The number of imide groups is 1. The lowest BCUT2D eigenvalue weighted by Gasteiger charge is -2.15. The fourth-order valence-electron chi connectivity index (χ4n) is 3.61. The number of carbonyl (C=O) groups is 3. The molecule has 10 heteroatoms. The van der Waals surface area contributed by atoms with Crippen molar-refractivity contribution in [2.24, 2.45) is 0 Å². The van der Waals surface area contributed by atoms with Gasteiger partial charge in [-0.25, -0.2) is 0 Å². The molecule has 0 bridgehead atoms. The Morgan fingerprint density at radius 1 is 1.11 bits per heavy atom. The van der Waals surface area contributed by atoms with Crippen LogP contribution < -0.4 is 14.8 Å². The van der Waals surface area contributed by atoms with Crippen LogP contribution in [0.5, 0.6) is 11.5 Å². The summed E-state index contributed by atoms with van der Waals surface area (Å²) in [7, 11) is 0. The van der Waals surface area contributed by atoms with E-state index in [1.807, 2.05) is 50.2 Å². The number of halogens is 2. The Morgan fingerprint density at radius 3 is 2.58 bits per heavy atom. The van der Waals surface area contributed by atoms with E-state index in [1.54, 1.807) is 30.3 Å². The van der Waals surface area contributed by atoms with Gasteiger partial charge in [-0.05, 0) is 95.2 Å². The molecular formula is C28H24ClIN2O5S. The number of hydrogen-bond acceptors (Lipinski definition) is 6. The van der Waals surface area contributed by atoms with E-state index >= 15 is 0 Å². The molecule has 0 radical (unpaired) electrons. The average molecular weight is 663 g/mol. The van der Waals surface area contributed by atoms with Crippen LogP contribution in [0.4, 0.5) is 10.5 Å². The largest absolute Gasteiger partial charge is 0.490 e. The molecule has 196 valence electrons. The number of benzene rings is 3. The first-order chi connectivity index (χ1) is 18.2. The summed E-state index contributed by atoms with van der Waals surface area (Å²) >= 11 is 9.06. The van der Waals surface area contributed by atoms with Gasteiger partial charge < -0.3 is 14.8 Å². The van der Waals surface area contributed by atoms with E-state index in [9.17, 15) is 14.4 Å². The van der Waals surface area contributed by atoms with Crippen LogP contribution in [0.3, 0.4) is 0 Å². The molecule has 1 saturated heterocycles. The second kappa shape index (κ2) is 12.7. The molecule has 3 aromatic carbocycles. The maximum Gasteiger partial charge on any atom is 0.294 e. The zero-order valence-electron chi connectivity index (χ0n) is 20.6. The van der Waals surface area contributed by atoms with Gasteiger partial charge in [-0.1, -0.05) is 48.0 Å². The zero-order valence-corrected chi connectivity index (χ0v) is 24.4. The van der Waals surface area contributed by atoms with Crippen molar-refractivity contribution in [1.82, 2.24) is 4.90 Å². The molecule has 38 heavy (non-hydrogen) atoms. The molecule has 0 saturated carbocycles. The van der Waals surface area contributed by atoms with E-state index in [4.69, 9.17) is 21.1 Å². The summed E-state index contributed by atoms with van der Waals surface area (Å²) < 4.78 is 12.7. The summed E-state index contributed by atoms with van der Waals surface area (Å²) in [5, 5.41) is 2.67. The van der Waals surface area contributed by atoms with Crippen LogP contribution >= 0.6 is 46.0 Å². The highest BCUT2D eigenvalue weighted by atomic mass is 127. The average Bonchev–Trinajstić information content (AvgIpc) is 3.13. The molecule has 0 spiro atoms. The molecule has 3 amide bonds. The number of nitrogens with one attached hydrogen (secondary N) is 1. The Kier molecular flexibility index (Phi) is 9.35. The summed E-state index contributed by atoms with van der Waals surface area (Å²) in [6, 6.07) is 18.5. The van der Waals surface area contributed by atoms with Crippen molar-refractivity contribution < 1.29 is 23.9 Å². The maximum atomic E-state index is 13.0. The third-order valence-electron chi connectivity index (χ3n) is 5.49. The number of ether oxygens (including phenoxy) is 2. The lowest BCUT2D eigenvalue weighted by molar-refractivity contribution is -0.127. The van der Waals surface area contributed by atoms with Gasteiger partial charge in [0.1, 0.15) is 13.2 Å². The highest BCUT2D eigenvalue weighted by Gasteiger charge is 2.36. The Morgan fingerprint density at radius 2 is 1.87 bits per heavy atom. The molecule has 0 aromatic heterocycles. The van der Waals surface area contributed by atoms with E-state index in [0.29, 0.717) is 41.0 Å². The predicted octanol–water partition coefficient (Wildman–Crippen LogP) is 6.91. The Balaban J connectivity index is 1.48. The molecule has 1 fully saturated rings. The van der Waals surface area contributed by atoms with Gasteiger partial charge in [0.15, 0.2) is 11.5 Å². The number of carbonyl (C=O) groups excluding carboxylic acids is 3. The van der Waals surface area contributed by atoms with Gasteiger partial charge in [0.05, 0.1) is 15.1 Å². The highest BCUT2D eigenvalue weighted by Crippen LogP contribution is 2.38. The van der Waals surface area contributed by atoms with Gasteiger partial charge in [-0.3, -0.25) is 19.3 Å². The van der Waals surface area contributed by atoms with Crippen molar-refractivity contribution in [1.29, 1.82) is 0 Å². The minimum absolute atomic E-state index is 0.220. The minimum atomic E-state index is -0.533. The number of thioether (sulfide) groups is 1. The summed E-state index contributed by atoms with van der Waals surface area (Å²) in [6.45, 7) is 4.14. The van der Waals surface area contributed by atoms with Crippen molar-refractivity contribution in [3.05, 3.63) is 90.9 Å². The fourth-order valence-corrected chi connectivity index (χ4v) is 5.41. The molecule has 3 aromatic rings. The number of anilines is 1. The van der Waals surface area contributed by atoms with Crippen LogP contribution in [0.1, 0.15) is 23.6 Å². The first-order valence-corrected chi connectivity index (χ1v) is 14.0. The van der Waals surface area contributed by atoms with Gasteiger partial charge in [-0.2, -0.15) is 0 Å². The first-order valence-electron chi connectivity index (χ1n) is 11.7. The number of rotatable bonds is 9.